The number of hydrogen-bond acceptors (Lipinski definition) is 4. The predicted octanol–water partition coefficient (Wildman–Crippen LogP) is 1.50. The molecule has 19 heavy (non-hydrogen) atoms. The lowest BCUT2D eigenvalue weighted by atomic mass is 10.2. The number of methoxy groups -OCH3 is 1. The van der Waals surface area contributed by atoms with Crippen LogP contribution in [0, 0.1) is 6.92 Å². The Kier molecular flexibility index (Phi) is 5.61. The van der Waals surface area contributed by atoms with Crippen LogP contribution in [0.3, 0.4) is 0 Å². The number of rotatable bonds is 6. The van der Waals surface area contributed by atoms with Crippen molar-refractivity contribution in [3.05, 3.63) is 22.7 Å². The SMILES string of the molecule is COc1c(C)cc(Cl)cc1S(=O)(=O)NCCN(C)C. The molecular weight excluding hydrogens is 288 g/mol. The van der Waals surface area contributed by atoms with Gasteiger partial charge in [0.15, 0.2) is 0 Å². The summed E-state index contributed by atoms with van der Waals surface area (Å²) in [6.45, 7) is 2.69. The van der Waals surface area contributed by atoms with Gasteiger partial charge in [-0.05, 0) is 38.7 Å². The van der Waals surface area contributed by atoms with Crippen LogP contribution in [0.5, 0.6) is 5.75 Å². The summed E-state index contributed by atoms with van der Waals surface area (Å²) in [7, 11) is 1.56. The lowest BCUT2D eigenvalue weighted by Crippen LogP contribution is -2.31. The van der Waals surface area contributed by atoms with Gasteiger partial charge in [-0.2, -0.15) is 0 Å². The van der Waals surface area contributed by atoms with E-state index in [2.05, 4.69) is 4.72 Å². The molecule has 0 aliphatic carbocycles. The summed E-state index contributed by atoms with van der Waals surface area (Å²) in [5, 5.41) is 0.367. The van der Waals surface area contributed by atoms with E-state index in [0.29, 0.717) is 29.4 Å². The number of hydrogen-bond donors (Lipinski definition) is 1. The largest absolute Gasteiger partial charge is 0.495 e. The van der Waals surface area contributed by atoms with Crippen LogP contribution in [0.1, 0.15) is 5.56 Å². The average Bonchev–Trinajstić information content (AvgIpc) is 2.27. The van der Waals surface area contributed by atoms with Gasteiger partial charge in [0.1, 0.15) is 10.6 Å². The van der Waals surface area contributed by atoms with Gasteiger partial charge in [-0.1, -0.05) is 11.6 Å². The number of aryl methyl sites for hydroxylation is 1. The van der Waals surface area contributed by atoms with E-state index in [1.807, 2.05) is 19.0 Å². The molecule has 0 aliphatic rings. The molecule has 1 rings (SSSR count). The summed E-state index contributed by atoms with van der Waals surface area (Å²) >= 11 is 5.91. The fourth-order valence-electron chi connectivity index (χ4n) is 1.64. The van der Waals surface area contributed by atoms with Crippen LogP contribution in [0.4, 0.5) is 0 Å². The van der Waals surface area contributed by atoms with Crippen LogP contribution < -0.4 is 9.46 Å². The first-order chi connectivity index (χ1) is 8.77. The number of ether oxygens (including phenoxy) is 1. The van der Waals surface area contributed by atoms with E-state index in [9.17, 15) is 8.42 Å². The van der Waals surface area contributed by atoms with E-state index in [1.54, 1.807) is 13.0 Å². The van der Waals surface area contributed by atoms with E-state index in [-0.39, 0.29) is 4.90 Å². The Labute approximate surface area is 119 Å². The van der Waals surface area contributed by atoms with E-state index in [0.717, 1.165) is 0 Å². The highest BCUT2D eigenvalue weighted by molar-refractivity contribution is 7.89. The molecule has 108 valence electrons. The van der Waals surface area contributed by atoms with Crippen molar-refractivity contribution >= 4 is 21.6 Å². The molecule has 1 aromatic rings. The Morgan fingerprint density at radius 3 is 2.53 bits per heavy atom. The Bertz CT molecular complexity index is 544. The molecule has 0 saturated carbocycles. The van der Waals surface area contributed by atoms with Crippen molar-refractivity contribution in [3.8, 4) is 5.75 Å². The van der Waals surface area contributed by atoms with Gasteiger partial charge >= 0.3 is 0 Å². The zero-order valence-electron chi connectivity index (χ0n) is 11.5. The van der Waals surface area contributed by atoms with E-state index < -0.39 is 10.0 Å². The molecule has 0 heterocycles. The van der Waals surface area contributed by atoms with E-state index in [1.165, 1.54) is 13.2 Å². The Morgan fingerprint density at radius 1 is 1.37 bits per heavy atom. The van der Waals surface area contributed by atoms with Crippen molar-refractivity contribution in [2.75, 3.05) is 34.3 Å². The van der Waals surface area contributed by atoms with Crippen molar-refractivity contribution in [1.82, 2.24) is 9.62 Å². The Morgan fingerprint density at radius 2 is 2.00 bits per heavy atom. The maximum Gasteiger partial charge on any atom is 0.244 e. The Hall–Kier alpha value is -0.820. The summed E-state index contributed by atoms with van der Waals surface area (Å²) in [5.74, 6) is 0.321. The molecular formula is C12H19ClN2O3S. The first kappa shape index (κ1) is 16.2. The maximum atomic E-state index is 12.2. The highest BCUT2D eigenvalue weighted by Crippen LogP contribution is 2.30. The van der Waals surface area contributed by atoms with Gasteiger partial charge in [0.2, 0.25) is 10.0 Å². The second-order valence-electron chi connectivity index (χ2n) is 4.46. The van der Waals surface area contributed by atoms with Crippen LogP contribution in [0.2, 0.25) is 5.02 Å². The van der Waals surface area contributed by atoms with Crippen LogP contribution in [-0.2, 0) is 10.0 Å². The molecule has 0 radical (unpaired) electrons. The monoisotopic (exact) mass is 306 g/mol. The third-order valence-electron chi connectivity index (χ3n) is 2.55. The molecule has 0 bridgehead atoms. The topological polar surface area (TPSA) is 58.6 Å². The van der Waals surface area contributed by atoms with Crippen LogP contribution in [0.25, 0.3) is 0 Å². The lowest BCUT2D eigenvalue weighted by molar-refractivity contribution is 0.397. The standard InChI is InChI=1S/C12H19ClN2O3S/c1-9-7-10(13)8-11(12(9)18-4)19(16,17)14-5-6-15(2)3/h7-8,14H,5-6H2,1-4H3. The molecule has 1 N–H and O–H groups in total. The molecule has 0 spiro atoms. The van der Waals surface area contributed by atoms with Gasteiger partial charge in [0.05, 0.1) is 7.11 Å². The van der Waals surface area contributed by atoms with Crippen LogP contribution in [0.15, 0.2) is 17.0 Å². The lowest BCUT2D eigenvalue weighted by Gasteiger charge is -2.14. The van der Waals surface area contributed by atoms with Crippen molar-refractivity contribution < 1.29 is 13.2 Å². The smallest absolute Gasteiger partial charge is 0.244 e. The van der Waals surface area contributed by atoms with Crippen molar-refractivity contribution in [3.63, 3.8) is 0 Å². The third kappa shape index (κ3) is 4.35. The zero-order valence-corrected chi connectivity index (χ0v) is 13.1. The van der Waals surface area contributed by atoms with Gasteiger partial charge in [-0.25, -0.2) is 13.1 Å². The molecule has 0 unspecified atom stereocenters. The van der Waals surface area contributed by atoms with Gasteiger partial charge in [0.25, 0.3) is 0 Å². The maximum absolute atomic E-state index is 12.2. The van der Waals surface area contributed by atoms with Crippen LogP contribution in [-0.4, -0.2) is 47.6 Å². The molecule has 5 nitrogen and oxygen atoms in total. The molecule has 0 aliphatic heterocycles. The molecule has 0 fully saturated rings. The summed E-state index contributed by atoms with van der Waals surface area (Å²) < 4.78 is 32.1. The number of nitrogens with one attached hydrogen (secondary N) is 1. The summed E-state index contributed by atoms with van der Waals surface area (Å²) in [6, 6.07) is 3.06. The quantitative estimate of drug-likeness (QED) is 0.865. The minimum Gasteiger partial charge on any atom is -0.495 e. The number of likely N-dealkylation sites (N-methyl/N-ethyl adjacent to an activating group) is 1. The number of halogens is 1. The number of benzene rings is 1. The van der Waals surface area contributed by atoms with Gasteiger partial charge < -0.3 is 9.64 Å². The van der Waals surface area contributed by atoms with Crippen molar-refractivity contribution in [2.45, 2.75) is 11.8 Å². The molecule has 0 amide bonds. The predicted molar refractivity (Wildman–Crippen MR) is 76.5 cm³/mol. The van der Waals surface area contributed by atoms with Gasteiger partial charge in [0, 0.05) is 18.1 Å². The van der Waals surface area contributed by atoms with Gasteiger partial charge in [-0.3, -0.25) is 0 Å². The van der Waals surface area contributed by atoms with Crippen molar-refractivity contribution in [1.29, 1.82) is 0 Å². The van der Waals surface area contributed by atoms with Crippen LogP contribution >= 0.6 is 11.6 Å². The fourth-order valence-corrected chi connectivity index (χ4v) is 3.27. The van der Waals surface area contributed by atoms with Gasteiger partial charge in [-0.15, -0.1) is 0 Å². The summed E-state index contributed by atoms with van der Waals surface area (Å²) in [4.78, 5) is 1.96. The highest BCUT2D eigenvalue weighted by Gasteiger charge is 2.21. The second-order valence-corrected chi connectivity index (χ2v) is 6.63. The highest BCUT2D eigenvalue weighted by atomic mass is 35.5. The third-order valence-corrected chi connectivity index (χ3v) is 4.23. The van der Waals surface area contributed by atoms with E-state index in [4.69, 9.17) is 16.3 Å². The summed E-state index contributed by atoms with van der Waals surface area (Å²) in [5.41, 5.74) is 0.683. The Balaban J connectivity index is 3.07. The normalized spacial score (nSPS) is 11.9. The second kappa shape index (κ2) is 6.56. The summed E-state index contributed by atoms with van der Waals surface area (Å²) in [6.07, 6.45) is 0. The number of nitrogens with zero attached hydrogens (tertiary/aromatic N) is 1. The molecule has 7 heteroatoms. The first-order valence-electron chi connectivity index (χ1n) is 5.76. The minimum atomic E-state index is -3.63. The first-order valence-corrected chi connectivity index (χ1v) is 7.62. The number of sulfonamides is 1. The van der Waals surface area contributed by atoms with E-state index >= 15 is 0 Å². The average molecular weight is 307 g/mol. The molecule has 0 saturated heterocycles. The van der Waals surface area contributed by atoms with Crippen molar-refractivity contribution in [2.24, 2.45) is 0 Å². The molecule has 0 atom stereocenters. The molecule has 0 aromatic heterocycles. The molecule has 1 aromatic carbocycles. The fraction of sp³-hybridized carbons (Fsp3) is 0.500. The minimum absolute atomic E-state index is 0.0683. The zero-order chi connectivity index (χ0) is 14.6.